The van der Waals surface area contributed by atoms with Gasteiger partial charge in [-0.05, 0) is 17.7 Å². The Kier molecular flexibility index (Phi) is 3.04. The number of fused-ring (bicyclic) bond motifs is 1. The number of H-pyrrole nitrogens is 1. The maximum atomic E-state index is 13.3. The smallest absolute Gasteiger partial charge is 0.320 e. The third-order valence-electron chi connectivity index (χ3n) is 2.57. The van der Waals surface area contributed by atoms with Crippen LogP contribution in [-0.4, -0.2) is 22.1 Å². The Morgan fingerprint density at radius 3 is 2.94 bits per heavy atom. The van der Waals surface area contributed by atoms with Gasteiger partial charge < -0.3 is 15.8 Å². The molecule has 2 aromatic rings. The molecule has 17 heavy (non-hydrogen) atoms. The van der Waals surface area contributed by atoms with Crippen molar-refractivity contribution < 1.29 is 14.3 Å². The minimum Gasteiger partial charge on any atom is -0.480 e. The second-order valence-electron chi connectivity index (χ2n) is 3.77. The quantitative estimate of drug-likeness (QED) is 0.785. The normalized spacial score (nSPS) is 12.9. The van der Waals surface area contributed by atoms with Crippen LogP contribution in [0.5, 0.6) is 0 Å². The molecule has 1 heterocycles. The standard InChI is InChI=1S/C11H10ClFN2O2/c12-7-3-10-6(2-8(7)13)5(4-15-10)1-9(14)11(16)17/h2-4,9,15H,1,14H2,(H,16,17)/t9-/m0/s1. The van der Waals surface area contributed by atoms with Gasteiger partial charge in [0.2, 0.25) is 0 Å². The van der Waals surface area contributed by atoms with Gasteiger partial charge in [0, 0.05) is 23.5 Å². The van der Waals surface area contributed by atoms with E-state index < -0.39 is 17.8 Å². The monoisotopic (exact) mass is 256 g/mol. The lowest BCUT2D eigenvalue weighted by Crippen LogP contribution is -2.32. The van der Waals surface area contributed by atoms with Gasteiger partial charge >= 0.3 is 5.97 Å². The van der Waals surface area contributed by atoms with Crippen LogP contribution in [0.25, 0.3) is 10.9 Å². The number of carboxylic acids is 1. The largest absolute Gasteiger partial charge is 0.480 e. The van der Waals surface area contributed by atoms with E-state index in [1.807, 2.05) is 0 Å². The van der Waals surface area contributed by atoms with E-state index in [1.54, 1.807) is 6.20 Å². The number of rotatable bonds is 3. The molecule has 1 aromatic carbocycles. The number of carboxylic acid groups (broad SMARTS) is 1. The van der Waals surface area contributed by atoms with E-state index in [0.29, 0.717) is 16.5 Å². The third-order valence-corrected chi connectivity index (χ3v) is 2.85. The number of benzene rings is 1. The average Bonchev–Trinajstić information content (AvgIpc) is 2.62. The van der Waals surface area contributed by atoms with E-state index >= 15 is 0 Å². The summed E-state index contributed by atoms with van der Waals surface area (Å²) in [5.41, 5.74) is 6.75. The van der Waals surface area contributed by atoms with E-state index in [4.69, 9.17) is 22.4 Å². The van der Waals surface area contributed by atoms with Crippen molar-refractivity contribution in [2.24, 2.45) is 5.73 Å². The molecule has 4 N–H and O–H groups in total. The number of nitrogens with two attached hydrogens (primary N) is 1. The number of aromatic amines is 1. The molecule has 6 heteroatoms. The predicted molar refractivity (Wildman–Crippen MR) is 62.6 cm³/mol. The Morgan fingerprint density at radius 1 is 1.59 bits per heavy atom. The molecule has 1 aromatic heterocycles. The van der Waals surface area contributed by atoms with Crippen molar-refractivity contribution in [3.63, 3.8) is 0 Å². The van der Waals surface area contributed by atoms with Crippen LogP contribution in [0.2, 0.25) is 5.02 Å². The number of nitrogens with one attached hydrogen (secondary N) is 1. The number of carbonyl (C=O) groups is 1. The van der Waals surface area contributed by atoms with Crippen molar-refractivity contribution in [2.75, 3.05) is 0 Å². The zero-order valence-electron chi connectivity index (χ0n) is 8.71. The van der Waals surface area contributed by atoms with Crippen molar-refractivity contribution in [1.82, 2.24) is 4.98 Å². The summed E-state index contributed by atoms with van der Waals surface area (Å²) in [6.07, 6.45) is 1.75. The molecule has 0 saturated heterocycles. The van der Waals surface area contributed by atoms with Crippen molar-refractivity contribution in [2.45, 2.75) is 12.5 Å². The first-order chi connectivity index (χ1) is 7.99. The molecule has 2 rings (SSSR count). The van der Waals surface area contributed by atoms with Crippen LogP contribution in [0.4, 0.5) is 4.39 Å². The zero-order chi connectivity index (χ0) is 12.6. The van der Waals surface area contributed by atoms with E-state index in [0.717, 1.165) is 0 Å². The Balaban J connectivity index is 2.42. The molecule has 0 aliphatic carbocycles. The maximum Gasteiger partial charge on any atom is 0.320 e. The van der Waals surface area contributed by atoms with Gasteiger partial charge in [-0.2, -0.15) is 0 Å². The molecule has 0 unspecified atom stereocenters. The lowest BCUT2D eigenvalue weighted by molar-refractivity contribution is -0.138. The van der Waals surface area contributed by atoms with Crippen LogP contribution in [0.15, 0.2) is 18.3 Å². The lowest BCUT2D eigenvalue weighted by atomic mass is 10.1. The van der Waals surface area contributed by atoms with Gasteiger partial charge in [-0.3, -0.25) is 4.79 Å². The first-order valence-corrected chi connectivity index (χ1v) is 5.30. The Bertz CT molecular complexity index is 582. The zero-order valence-corrected chi connectivity index (χ0v) is 9.46. The first kappa shape index (κ1) is 11.9. The summed E-state index contributed by atoms with van der Waals surface area (Å²) in [5.74, 6) is -1.63. The molecule has 0 bridgehead atoms. The molecule has 0 spiro atoms. The van der Waals surface area contributed by atoms with Gasteiger partial charge in [0.15, 0.2) is 0 Å². The molecule has 0 saturated carbocycles. The first-order valence-electron chi connectivity index (χ1n) is 4.92. The fourth-order valence-corrected chi connectivity index (χ4v) is 1.83. The van der Waals surface area contributed by atoms with Crippen molar-refractivity contribution >= 4 is 28.5 Å². The minimum absolute atomic E-state index is 0.0217. The van der Waals surface area contributed by atoms with Crippen LogP contribution in [0.3, 0.4) is 0 Å². The molecule has 0 aliphatic heterocycles. The van der Waals surface area contributed by atoms with Gasteiger partial charge in [-0.15, -0.1) is 0 Å². The highest BCUT2D eigenvalue weighted by Crippen LogP contribution is 2.25. The van der Waals surface area contributed by atoms with Gasteiger partial charge in [0.05, 0.1) is 5.02 Å². The van der Waals surface area contributed by atoms with E-state index in [2.05, 4.69) is 4.98 Å². The Morgan fingerprint density at radius 2 is 2.29 bits per heavy atom. The third kappa shape index (κ3) is 2.25. The minimum atomic E-state index is -1.09. The van der Waals surface area contributed by atoms with Crippen molar-refractivity contribution in [3.05, 3.63) is 34.7 Å². The van der Waals surface area contributed by atoms with Gasteiger partial charge in [0.25, 0.3) is 0 Å². The number of aromatic nitrogens is 1. The maximum absolute atomic E-state index is 13.3. The molecule has 90 valence electrons. The molecule has 0 aliphatic rings. The summed E-state index contributed by atoms with van der Waals surface area (Å²) >= 11 is 5.64. The number of hydrogen-bond donors (Lipinski definition) is 3. The summed E-state index contributed by atoms with van der Waals surface area (Å²) in [4.78, 5) is 13.6. The van der Waals surface area contributed by atoms with Crippen LogP contribution >= 0.6 is 11.6 Å². The fraction of sp³-hybridized carbons (Fsp3) is 0.182. The van der Waals surface area contributed by atoms with Crippen LogP contribution in [0, 0.1) is 5.82 Å². The predicted octanol–water partition coefficient (Wildman–Crippen LogP) is 1.91. The Labute approximate surface area is 101 Å². The lowest BCUT2D eigenvalue weighted by Gasteiger charge is -2.05. The number of aliphatic carboxylic acids is 1. The van der Waals surface area contributed by atoms with Gasteiger partial charge in [0.1, 0.15) is 11.9 Å². The second-order valence-corrected chi connectivity index (χ2v) is 4.18. The molecule has 0 amide bonds. The van der Waals surface area contributed by atoms with E-state index in [1.165, 1.54) is 12.1 Å². The molecule has 4 nitrogen and oxygen atoms in total. The molecular formula is C11H10ClFN2O2. The second kappa shape index (κ2) is 4.35. The molecular weight excluding hydrogens is 247 g/mol. The van der Waals surface area contributed by atoms with E-state index in [9.17, 15) is 9.18 Å². The summed E-state index contributed by atoms with van der Waals surface area (Å²) < 4.78 is 13.3. The Hall–Kier alpha value is -1.59. The van der Waals surface area contributed by atoms with Crippen LogP contribution in [0.1, 0.15) is 5.56 Å². The van der Waals surface area contributed by atoms with Crippen molar-refractivity contribution in [3.8, 4) is 0 Å². The summed E-state index contributed by atoms with van der Waals surface area (Å²) in [7, 11) is 0. The highest BCUT2D eigenvalue weighted by molar-refractivity contribution is 6.31. The van der Waals surface area contributed by atoms with Crippen LogP contribution < -0.4 is 5.73 Å². The average molecular weight is 257 g/mol. The summed E-state index contributed by atoms with van der Waals surface area (Å²) in [6, 6.07) is 1.73. The van der Waals surface area contributed by atoms with Crippen LogP contribution in [-0.2, 0) is 11.2 Å². The van der Waals surface area contributed by atoms with Gasteiger partial charge in [-0.1, -0.05) is 11.6 Å². The SMILES string of the molecule is N[C@@H](Cc1c[nH]c2cc(Cl)c(F)cc12)C(=O)O. The van der Waals surface area contributed by atoms with Crippen molar-refractivity contribution in [1.29, 1.82) is 0 Å². The number of hydrogen-bond acceptors (Lipinski definition) is 2. The molecule has 0 radical (unpaired) electrons. The van der Waals surface area contributed by atoms with E-state index in [-0.39, 0.29) is 11.4 Å². The summed E-state index contributed by atoms with van der Waals surface area (Å²) in [6.45, 7) is 0. The topological polar surface area (TPSA) is 79.1 Å². The fourth-order valence-electron chi connectivity index (χ4n) is 1.67. The molecule has 1 atom stereocenters. The highest BCUT2D eigenvalue weighted by Gasteiger charge is 2.15. The molecule has 0 fully saturated rings. The summed E-state index contributed by atoms with van der Waals surface area (Å²) in [5, 5.41) is 9.34. The number of halogens is 2. The highest BCUT2D eigenvalue weighted by atomic mass is 35.5. The van der Waals surface area contributed by atoms with Gasteiger partial charge in [-0.25, -0.2) is 4.39 Å².